The van der Waals surface area contributed by atoms with Crippen molar-refractivity contribution in [2.75, 3.05) is 0 Å². The van der Waals surface area contributed by atoms with Crippen molar-refractivity contribution in [1.29, 1.82) is 0 Å². The van der Waals surface area contributed by atoms with E-state index in [-0.39, 0.29) is 5.92 Å². The summed E-state index contributed by atoms with van der Waals surface area (Å²) >= 11 is 5.93. The molecule has 0 radical (unpaired) electrons. The number of fused-ring (bicyclic) bond motifs is 1. The summed E-state index contributed by atoms with van der Waals surface area (Å²) in [6, 6.07) is 5.71. The van der Waals surface area contributed by atoms with Gasteiger partial charge in [-0.1, -0.05) is 43.2 Å². The number of benzene rings is 1. The smallest absolute Gasteiger partial charge is 0.310 e. The van der Waals surface area contributed by atoms with E-state index < -0.39 is 11.9 Å². The van der Waals surface area contributed by atoms with E-state index in [1.165, 1.54) is 0 Å². The Balaban J connectivity index is 2.33. The van der Waals surface area contributed by atoms with Crippen LogP contribution in [-0.2, 0) is 11.2 Å². The Labute approximate surface area is 106 Å². The van der Waals surface area contributed by atoms with Gasteiger partial charge < -0.3 is 5.11 Å². The summed E-state index contributed by atoms with van der Waals surface area (Å²) in [5.74, 6) is -1.05. The minimum Gasteiger partial charge on any atom is -0.481 e. The van der Waals surface area contributed by atoms with Crippen LogP contribution in [0.5, 0.6) is 0 Å². The fourth-order valence-electron chi connectivity index (χ4n) is 2.40. The summed E-state index contributed by atoms with van der Waals surface area (Å²) in [6.07, 6.45) is 2.70. The van der Waals surface area contributed by atoms with Gasteiger partial charge in [0, 0.05) is 5.02 Å². The Morgan fingerprint density at radius 3 is 2.71 bits per heavy atom. The first-order valence-corrected chi connectivity index (χ1v) is 6.08. The molecule has 0 saturated carbocycles. The summed E-state index contributed by atoms with van der Waals surface area (Å²) in [5.41, 5.74) is 3.19. The minimum atomic E-state index is -0.745. The van der Waals surface area contributed by atoms with Crippen LogP contribution in [0.2, 0.25) is 5.02 Å². The van der Waals surface area contributed by atoms with E-state index in [9.17, 15) is 9.90 Å². The van der Waals surface area contributed by atoms with E-state index in [1.54, 1.807) is 0 Å². The summed E-state index contributed by atoms with van der Waals surface area (Å²) in [4.78, 5) is 11.3. The number of hydrogen-bond acceptors (Lipinski definition) is 1. The highest BCUT2D eigenvalue weighted by Gasteiger charge is 2.28. The molecule has 0 saturated heterocycles. The Morgan fingerprint density at radius 1 is 1.41 bits per heavy atom. The van der Waals surface area contributed by atoms with E-state index in [0.717, 1.165) is 23.1 Å². The number of aliphatic carboxylic acids is 1. The lowest BCUT2D eigenvalue weighted by Crippen LogP contribution is -2.22. The Hall–Kier alpha value is -1.28. The fourth-order valence-corrected chi connectivity index (χ4v) is 2.58. The lowest BCUT2D eigenvalue weighted by molar-refractivity contribution is -0.141. The molecule has 0 heterocycles. The SMILES string of the molecule is CC(C)C(C(=O)O)C1=Cc2cc(Cl)ccc2C1. The van der Waals surface area contributed by atoms with Crippen molar-refractivity contribution in [1.82, 2.24) is 0 Å². The molecule has 17 heavy (non-hydrogen) atoms. The highest BCUT2D eigenvalue weighted by molar-refractivity contribution is 6.30. The molecule has 1 aliphatic carbocycles. The summed E-state index contributed by atoms with van der Waals surface area (Å²) < 4.78 is 0. The minimum absolute atomic E-state index is 0.100. The zero-order valence-corrected chi connectivity index (χ0v) is 10.7. The van der Waals surface area contributed by atoms with Crippen molar-refractivity contribution in [2.24, 2.45) is 11.8 Å². The fraction of sp³-hybridized carbons (Fsp3) is 0.357. The van der Waals surface area contributed by atoms with Gasteiger partial charge in [0.05, 0.1) is 5.92 Å². The highest BCUT2D eigenvalue weighted by atomic mass is 35.5. The van der Waals surface area contributed by atoms with Crippen molar-refractivity contribution >= 4 is 23.6 Å². The van der Waals surface area contributed by atoms with Crippen molar-refractivity contribution in [2.45, 2.75) is 20.3 Å². The maximum atomic E-state index is 11.3. The van der Waals surface area contributed by atoms with Gasteiger partial charge in [0.1, 0.15) is 0 Å². The molecule has 2 nitrogen and oxygen atoms in total. The maximum Gasteiger partial charge on any atom is 0.310 e. The number of rotatable bonds is 3. The van der Waals surface area contributed by atoms with Crippen LogP contribution >= 0.6 is 11.6 Å². The molecule has 90 valence electrons. The largest absolute Gasteiger partial charge is 0.481 e. The third-order valence-corrected chi connectivity index (χ3v) is 3.41. The molecule has 1 N–H and O–H groups in total. The first-order valence-electron chi connectivity index (χ1n) is 5.70. The van der Waals surface area contributed by atoms with E-state index in [0.29, 0.717) is 5.02 Å². The molecule has 3 heteroatoms. The van der Waals surface area contributed by atoms with Gasteiger partial charge in [-0.3, -0.25) is 4.79 Å². The molecule has 0 spiro atoms. The summed E-state index contributed by atoms with van der Waals surface area (Å²) in [6.45, 7) is 3.88. The molecule has 0 amide bonds. The monoisotopic (exact) mass is 250 g/mol. The Bertz CT molecular complexity index is 489. The standard InChI is InChI=1S/C14H15ClO2/c1-8(2)13(14(16)17)11-5-9-3-4-12(15)7-10(9)6-11/h3-4,6-8,13H,5H2,1-2H3,(H,16,17). The first-order chi connectivity index (χ1) is 7.99. The van der Waals surface area contributed by atoms with Crippen LogP contribution in [0.1, 0.15) is 25.0 Å². The maximum absolute atomic E-state index is 11.3. The Kier molecular flexibility index (Phi) is 3.25. The number of carboxylic acids is 1. The normalized spacial score (nSPS) is 15.6. The average Bonchev–Trinajstić information content (AvgIpc) is 2.58. The molecule has 1 aromatic rings. The van der Waals surface area contributed by atoms with E-state index >= 15 is 0 Å². The van der Waals surface area contributed by atoms with Gasteiger partial charge in [-0.25, -0.2) is 0 Å². The van der Waals surface area contributed by atoms with Gasteiger partial charge in [-0.15, -0.1) is 0 Å². The summed E-state index contributed by atoms with van der Waals surface area (Å²) in [7, 11) is 0. The van der Waals surface area contributed by atoms with Crippen LogP contribution in [0.3, 0.4) is 0 Å². The summed E-state index contributed by atoms with van der Waals surface area (Å²) in [5, 5.41) is 9.96. The second-order valence-corrected chi connectivity index (χ2v) is 5.24. The van der Waals surface area contributed by atoms with Gasteiger partial charge in [0.25, 0.3) is 0 Å². The van der Waals surface area contributed by atoms with Crippen molar-refractivity contribution in [3.63, 3.8) is 0 Å². The zero-order valence-electron chi connectivity index (χ0n) is 9.90. The van der Waals surface area contributed by atoms with Gasteiger partial charge in [0.2, 0.25) is 0 Å². The van der Waals surface area contributed by atoms with E-state index in [1.807, 2.05) is 38.1 Å². The van der Waals surface area contributed by atoms with Crippen LogP contribution in [0, 0.1) is 11.8 Å². The molecular weight excluding hydrogens is 236 g/mol. The second-order valence-electron chi connectivity index (χ2n) is 4.80. The number of hydrogen-bond donors (Lipinski definition) is 1. The third-order valence-electron chi connectivity index (χ3n) is 3.18. The van der Waals surface area contributed by atoms with Gasteiger partial charge in [-0.05, 0) is 35.6 Å². The van der Waals surface area contributed by atoms with Crippen LogP contribution in [0.15, 0.2) is 23.8 Å². The number of carbonyl (C=O) groups is 1. The molecule has 1 atom stereocenters. The molecule has 0 aromatic heterocycles. The zero-order chi connectivity index (χ0) is 12.6. The van der Waals surface area contributed by atoms with Crippen LogP contribution < -0.4 is 0 Å². The second kappa shape index (κ2) is 4.53. The average molecular weight is 251 g/mol. The molecule has 1 aliphatic rings. The number of halogens is 1. The third kappa shape index (κ3) is 2.37. The lowest BCUT2D eigenvalue weighted by atomic mass is 9.87. The predicted octanol–water partition coefficient (Wildman–Crippen LogP) is 3.64. The molecule has 0 fully saturated rings. The van der Waals surface area contributed by atoms with Crippen LogP contribution in [-0.4, -0.2) is 11.1 Å². The Morgan fingerprint density at radius 2 is 2.12 bits per heavy atom. The quantitative estimate of drug-likeness (QED) is 0.889. The predicted molar refractivity (Wildman–Crippen MR) is 69.1 cm³/mol. The van der Waals surface area contributed by atoms with Crippen molar-refractivity contribution < 1.29 is 9.90 Å². The highest BCUT2D eigenvalue weighted by Crippen LogP contribution is 2.34. The molecular formula is C14H15ClO2. The van der Waals surface area contributed by atoms with Crippen LogP contribution in [0.25, 0.3) is 6.08 Å². The van der Waals surface area contributed by atoms with Crippen molar-refractivity contribution in [3.8, 4) is 0 Å². The van der Waals surface area contributed by atoms with Crippen molar-refractivity contribution in [3.05, 3.63) is 39.9 Å². The first kappa shape index (κ1) is 12.2. The lowest BCUT2D eigenvalue weighted by Gasteiger charge is -2.17. The molecule has 0 aliphatic heterocycles. The van der Waals surface area contributed by atoms with E-state index in [4.69, 9.17) is 11.6 Å². The molecule has 1 unspecified atom stereocenters. The van der Waals surface area contributed by atoms with Gasteiger partial charge >= 0.3 is 5.97 Å². The number of carboxylic acid groups (broad SMARTS) is 1. The molecule has 1 aromatic carbocycles. The van der Waals surface area contributed by atoms with Gasteiger partial charge in [-0.2, -0.15) is 0 Å². The van der Waals surface area contributed by atoms with Crippen LogP contribution in [0.4, 0.5) is 0 Å². The molecule has 0 bridgehead atoms. The topological polar surface area (TPSA) is 37.3 Å². The molecule has 2 rings (SSSR count). The van der Waals surface area contributed by atoms with E-state index in [2.05, 4.69) is 0 Å². The van der Waals surface area contributed by atoms with Gasteiger partial charge in [0.15, 0.2) is 0 Å².